The largest absolute Gasteiger partial charge is 0.393 e. The van der Waals surface area contributed by atoms with Gasteiger partial charge in [0, 0.05) is 23.2 Å². The molecule has 0 bridgehead atoms. The van der Waals surface area contributed by atoms with Crippen LogP contribution in [0, 0.1) is 10.1 Å². The van der Waals surface area contributed by atoms with Crippen molar-refractivity contribution in [1.29, 1.82) is 0 Å². The Morgan fingerprint density at radius 2 is 2.28 bits per heavy atom. The lowest BCUT2D eigenvalue weighted by Crippen LogP contribution is -2.20. The molecule has 5 nitrogen and oxygen atoms in total. The van der Waals surface area contributed by atoms with E-state index in [4.69, 9.17) is 11.6 Å². The average molecular weight is 273 g/mol. The molecule has 1 rings (SSSR count). The number of hydrogen-bond donors (Lipinski definition) is 2. The van der Waals surface area contributed by atoms with Crippen molar-refractivity contribution in [3.8, 4) is 0 Å². The van der Waals surface area contributed by atoms with Crippen LogP contribution in [0.4, 0.5) is 5.69 Å². The highest BCUT2D eigenvalue weighted by molar-refractivity contribution is 6.30. The number of halogens is 1. The third-order valence-corrected chi connectivity index (χ3v) is 2.92. The summed E-state index contributed by atoms with van der Waals surface area (Å²) < 4.78 is 0. The first kappa shape index (κ1) is 14.9. The number of nitrogens with zero attached hydrogens (tertiary/aromatic N) is 1. The van der Waals surface area contributed by atoms with Crippen molar-refractivity contribution in [1.82, 2.24) is 5.32 Å². The first-order valence-electron chi connectivity index (χ1n) is 5.86. The Balaban J connectivity index is 2.54. The number of rotatable bonds is 7. The Labute approximate surface area is 111 Å². The van der Waals surface area contributed by atoms with E-state index in [9.17, 15) is 15.2 Å². The fraction of sp³-hybridized carbons (Fsp3) is 0.500. The molecule has 1 unspecified atom stereocenters. The van der Waals surface area contributed by atoms with E-state index in [2.05, 4.69) is 5.32 Å². The average Bonchev–Trinajstić information content (AvgIpc) is 2.35. The summed E-state index contributed by atoms with van der Waals surface area (Å²) in [7, 11) is 0. The molecule has 2 N–H and O–H groups in total. The molecule has 18 heavy (non-hydrogen) atoms. The first-order valence-corrected chi connectivity index (χ1v) is 6.24. The third-order valence-electron chi connectivity index (χ3n) is 2.69. The standard InChI is InChI=1S/C12H17ClN2O3/c1-2-11(16)5-6-14-8-9-3-4-10(13)7-12(9)15(17)18/h3-4,7,11,14,16H,2,5-6,8H2,1H3. The summed E-state index contributed by atoms with van der Waals surface area (Å²) in [4.78, 5) is 10.4. The van der Waals surface area contributed by atoms with Crippen molar-refractivity contribution in [3.05, 3.63) is 38.9 Å². The van der Waals surface area contributed by atoms with Crippen molar-refractivity contribution < 1.29 is 10.0 Å². The number of nitro groups is 1. The zero-order valence-electron chi connectivity index (χ0n) is 10.2. The summed E-state index contributed by atoms with van der Waals surface area (Å²) in [6.07, 6.45) is 1.03. The van der Waals surface area contributed by atoms with E-state index in [0.717, 1.165) is 0 Å². The van der Waals surface area contributed by atoms with Crippen LogP contribution in [0.1, 0.15) is 25.3 Å². The van der Waals surface area contributed by atoms with Gasteiger partial charge in [0.1, 0.15) is 0 Å². The van der Waals surface area contributed by atoms with E-state index in [1.165, 1.54) is 6.07 Å². The van der Waals surface area contributed by atoms with Crippen LogP contribution in [0.5, 0.6) is 0 Å². The molecule has 1 aromatic carbocycles. The van der Waals surface area contributed by atoms with E-state index in [-0.39, 0.29) is 11.8 Å². The summed E-state index contributed by atoms with van der Waals surface area (Å²) in [5.74, 6) is 0. The van der Waals surface area contributed by atoms with E-state index >= 15 is 0 Å². The van der Waals surface area contributed by atoms with E-state index in [1.807, 2.05) is 6.92 Å². The number of aliphatic hydroxyl groups excluding tert-OH is 1. The molecule has 0 aromatic heterocycles. The van der Waals surface area contributed by atoms with Crippen LogP contribution in [-0.2, 0) is 6.54 Å². The Hall–Kier alpha value is -1.17. The summed E-state index contributed by atoms with van der Waals surface area (Å²) in [5, 5.41) is 23.6. The molecular weight excluding hydrogens is 256 g/mol. The molecule has 6 heteroatoms. The van der Waals surface area contributed by atoms with Gasteiger partial charge in [-0.15, -0.1) is 0 Å². The molecule has 0 fully saturated rings. The lowest BCUT2D eigenvalue weighted by molar-refractivity contribution is -0.385. The highest BCUT2D eigenvalue weighted by Gasteiger charge is 2.13. The molecule has 0 saturated heterocycles. The molecular formula is C12H17ClN2O3. The van der Waals surface area contributed by atoms with E-state index in [0.29, 0.717) is 36.5 Å². The van der Waals surface area contributed by atoms with Gasteiger partial charge in [-0.25, -0.2) is 0 Å². The van der Waals surface area contributed by atoms with Crippen LogP contribution >= 0.6 is 11.6 Å². The normalized spacial score (nSPS) is 12.4. The zero-order valence-corrected chi connectivity index (χ0v) is 11.0. The van der Waals surface area contributed by atoms with Crippen molar-refractivity contribution in [2.24, 2.45) is 0 Å². The van der Waals surface area contributed by atoms with Crippen LogP contribution in [0.3, 0.4) is 0 Å². The predicted molar refractivity (Wildman–Crippen MR) is 70.7 cm³/mol. The molecule has 1 aromatic rings. The van der Waals surface area contributed by atoms with E-state index < -0.39 is 4.92 Å². The van der Waals surface area contributed by atoms with E-state index in [1.54, 1.807) is 12.1 Å². The topological polar surface area (TPSA) is 75.4 Å². The minimum absolute atomic E-state index is 0.0195. The van der Waals surface area contributed by atoms with Gasteiger partial charge in [0.15, 0.2) is 0 Å². The molecule has 100 valence electrons. The van der Waals surface area contributed by atoms with Gasteiger partial charge >= 0.3 is 0 Å². The van der Waals surface area contributed by atoms with Gasteiger partial charge in [0.25, 0.3) is 5.69 Å². The quantitative estimate of drug-likeness (QED) is 0.454. The summed E-state index contributed by atoms with van der Waals surface area (Å²) in [6, 6.07) is 4.62. The maximum absolute atomic E-state index is 10.8. The van der Waals surface area contributed by atoms with Gasteiger partial charge in [-0.05, 0) is 31.5 Å². The summed E-state index contributed by atoms with van der Waals surface area (Å²) in [5.41, 5.74) is 0.612. The minimum Gasteiger partial charge on any atom is -0.393 e. The summed E-state index contributed by atoms with van der Waals surface area (Å²) in [6.45, 7) is 2.92. The smallest absolute Gasteiger partial charge is 0.275 e. The summed E-state index contributed by atoms with van der Waals surface area (Å²) >= 11 is 5.72. The van der Waals surface area contributed by atoms with Crippen LogP contribution in [-0.4, -0.2) is 22.7 Å². The predicted octanol–water partition coefficient (Wildman–Crippen LogP) is 2.50. The SMILES string of the molecule is CCC(O)CCNCc1ccc(Cl)cc1[N+](=O)[O-]. The molecule has 1 atom stereocenters. The highest BCUT2D eigenvalue weighted by Crippen LogP contribution is 2.22. The molecule has 0 radical (unpaired) electrons. The fourth-order valence-electron chi connectivity index (χ4n) is 1.55. The third kappa shape index (κ3) is 4.60. The number of benzene rings is 1. The number of nitrogens with one attached hydrogen (secondary N) is 1. The van der Waals surface area contributed by atoms with Gasteiger partial charge in [-0.1, -0.05) is 18.5 Å². The lowest BCUT2D eigenvalue weighted by atomic mass is 10.1. The van der Waals surface area contributed by atoms with Crippen molar-refractivity contribution in [3.63, 3.8) is 0 Å². The van der Waals surface area contributed by atoms with Gasteiger partial charge < -0.3 is 10.4 Å². The molecule has 0 spiro atoms. The Morgan fingerprint density at radius 1 is 1.56 bits per heavy atom. The minimum atomic E-state index is -0.441. The van der Waals surface area contributed by atoms with Gasteiger partial charge in [0.2, 0.25) is 0 Å². The molecule has 0 aliphatic carbocycles. The Bertz CT molecular complexity index is 412. The Morgan fingerprint density at radius 3 is 2.89 bits per heavy atom. The molecule has 0 heterocycles. The monoisotopic (exact) mass is 272 g/mol. The van der Waals surface area contributed by atoms with Gasteiger partial charge in [-0.2, -0.15) is 0 Å². The Kier molecular flexibility index (Phi) is 6.04. The fourth-order valence-corrected chi connectivity index (χ4v) is 1.72. The molecule has 0 aliphatic rings. The van der Waals surface area contributed by atoms with Crippen molar-refractivity contribution in [2.75, 3.05) is 6.54 Å². The van der Waals surface area contributed by atoms with Crippen LogP contribution in [0.25, 0.3) is 0 Å². The second-order valence-corrected chi connectivity index (χ2v) is 4.49. The zero-order chi connectivity index (χ0) is 13.5. The van der Waals surface area contributed by atoms with Crippen LogP contribution in [0.2, 0.25) is 5.02 Å². The molecule has 0 amide bonds. The van der Waals surface area contributed by atoms with Gasteiger partial charge in [-0.3, -0.25) is 10.1 Å². The number of aliphatic hydroxyl groups is 1. The van der Waals surface area contributed by atoms with Crippen LogP contribution < -0.4 is 5.32 Å². The molecule has 0 saturated carbocycles. The maximum atomic E-state index is 10.8. The first-order chi connectivity index (χ1) is 8.54. The van der Waals surface area contributed by atoms with Crippen LogP contribution in [0.15, 0.2) is 18.2 Å². The number of hydrogen-bond acceptors (Lipinski definition) is 4. The lowest BCUT2D eigenvalue weighted by Gasteiger charge is -2.09. The highest BCUT2D eigenvalue weighted by atomic mass is 35.5. The number of nitro benzene ring substituents is 1. The van der Waals surface area contributed by atoms with Gasteiger partial charge in [0.05, 0.1) is 11.0 Å². The second kappa shape index (κ2) is 7.31. The van der Waals surface area contributed by atoms with Crippen molar-refractivity contribution in [2.45, 2.75) is 32.4 Å². The maximum Gasteiger partial charge on any atom is 0.275 e. The second-order valence-electron chi connectivity index (χ2n) is 4.06. The molecule has 0 aliphatic heterocycles. The van der Waals surface area contributed by atoms with Crippen molar-refractivity contribution >= 4 is 17.3 Å².